The molecule has 0 aliphatic rings. The molecule has 27 heavy (non-hydrogen) atoms. The van der Waals surface area contributed by atoms with E-state index in [2.05, 4.69) is 50.8 Å². The van der Waals surface area contributed by atoms with Gasteiger partial charge in [-0.15, -0.1) is 22.7 Å². The van der Waals surface area contributed by atoms with Crippen molar-refractivity contribution in [3.8, 4) is 10.4 Å². The zero-order valence-electron chi connectivity index (χ0n) is 14.2. The third-order valence-electron chi connectivity index (χ3n) is 4.42. The molecular formula is C20H13ClN4S2. The Hall–Kier alpha value is -2.54. The number of halogens is 1. The van der Waals surface area contributed by atoms with Crippen molar-refractivity contribution in [1.82, 2.24) is 15.0 Å². The highest BCUT2D eigenvalue weighted by Crippen LogP contribution is 2.38. The van der Waals surface area contributed by atoms with E-state index in [1.807, 2.05) is 23.7 Å². The SMILES string of the molecule is Cc1ccsc1-c1cc2c(Nc3ccc4scnc4c3)ncnc2cc1Cl. The molecule has 0 bridgehead atoms. The van der Waals surface area contributed by atoms with Crippen LogP contribution >= 0.6 is 34.3 Å². The lowest BCUT2D eigenvalue weighted by atomic mass is 10.1. The molecule has 0 radical (unpaired) electrons. The largest absolute Gasteiger partial charge is 0.340 e. The van der Waals surface area contributed by atoms with Gasteiger partial charge in [0.1, 0.15) is 12.1 Å². The fraction of sp³-hybridized carbons (Fsp3) is 0.0500. The quantitative estimate of drug-likeness (QED) is 0.362. The van der Waals surface area contributed by atoms with Crippen molar-refractivity contribution in [1.29, 1.82) is 0 Å². The Labute approximate surface area is 168 Å². The van der Waals surface area contributed by atoms with Crippen molar-refractivity contribution < 1.29 is 0 Å². The molecule has 132 valence electrons. The van der Waals surface area contributed by atoms with Gasteiger partial charge in [-0.05, 0) is 54.3 Å². The lowest BCUT2D eigenvalue weighted by molar-refractivity contribution is 1.22. The van der Waals surface area contributed by atoms with Gasteiger partial charge >= 0.3 is 0 Å². The molecule has 3 heterocycles. The smallest absolute Gasteiger partial charge is 0.141 e. The van der Waals surface area contributed by atoms with E-state index in [9.17, 15) is 0 Å². The van der Waals surface area contributed by atoms with Crippen LogP contribution in [0, 0.1) is 6.92 Å². The fourth-order valence-electron chi connectivity index (χ4n) is 3.07. The first-order valence-electron chi connectivity index (χ1n) is 8.28. The van der Waals surface area contributed by atoms with Gasteiger partial charge in [0.2, 0.25) is 0 Å². The van der Waals surface area contributed by atoms with Crippen LogP contribution in [0.3, 0.4) is 0 Å². The number of aryl methyl sites for hydroxylation is 1. The third kappa shape index (κ3) is 2.96. The Balaban J connectivity index is 1.64. The number of rotatable bonds is 3. The van der Waals surface area contributed by atoms with Gasteiger partial charge in [-0.25, -0.2) is 15.0 Å². The van der Waals surface area contributed by atoms with Gasteiger partial charge in [0.25, 0.3) is 0 Å². The van der Waals surface area contributed by atoms with Crippen LogP contribution in [-0.2, 0) is 0 Å². The summed E-state index contributed by atoms with van der Waals surface area (Å²) >= 11 is 9.87. The molecule has 5 aromatic rings. The van der Waals surface area contributed by atoms with E-state index in [4.69, 9.17) is 11.6 Å². The summed E-state index contributed by atoms with van der Waals surface area (Å²) in [6.45, 7) is 2.09. The number of aromatic nitrogens is 3. The number of thiazole rings is 1. The Kier molecular flexibility index (Phi) is 4.04. The Bertz CT molecular complexity index is 1290. The number of hydrogen-bond acceptors (Lipinski definition) is 6. The minimum Gasteiger partial charge on any atom is -0.340 e. The van der Waals surface area contributed by atoms with E-state index in [0.29, 0.717) is 5.02 Å². The molecule has 0 aliphatic heterocycles. The number of thiophene rings is 1. The van der Waals surface area contributed by atoms with E-state index >= 15 is 0 Å². The van der Waals surface area contributed by atoms with E-state index in [-0.39, 0.29) is 0 Å². The number of anilines is 2. The zero-order valence-corrected chi connectivity index (χ0v) is 16.6. The second-order valence-corrected chi connectivity index (χ2v) is 8.37. The van der Waals surface area contributed by atoms with Crippen LogP contribution < -0.4 is 5.32 Å². The fourth-order valence-corrected chi connectivity index (χ4v) is 5.00. The molecule has 5 rings (SSSR count). The first-order chi connectivity index (χ1) is 13.2. The van der Waals surface area contributed by atoms with Crippen molar-refractivity contribution in [2.45, 2.75) is 6.92 Å². The second kappa shape index (κ2) is 6.56. The highest BCUT2D eigenvalue weighted by Gasteiger charge is 2.13. The summed E-state index contributed by atoms with van der Waals surface area (Å²) in [5.41, 5.74) is 6.79. The lowest BCUT2D eigenvalue weighted by Gasteiger charge is -2.11. The highest BCUT2D eigenvalue weighted by molar-refractivity contribution is 7.16. The standard InChI is InChI=1S/C20H13ClN4S2/c1-11-4-5-26-19(11)13-7-14-16(8-15(13)21)22-9-23-20(14)25-12-2-3-18-17(6-12)24-10-27-18/h2-10H,1H3,(H,22,23,25). The third-order valence-corrected chi connectivity index (χ3v) is 6.60. The Morgan fingerprint density at radius 2 is 1.89 bits per heavy atom. The Morgan fingerprint density at radius 1 is 0.963 bits per heavy atom. The number of nitrogens with one attached hydrogen (secondary N) is 1. The average Bonchev–Trinajstić information content (AvgIpc) is 3.30. The summed E-state index contributed by atoms with van der Waals surface area (Å²) < 4.78 is 1.16. The van der Waals surface area contributed by atoms with Crippen LogP contribution in [-0.4, -0.2) is 15.0 Å². The van der Waals surface area contributed by atoms with E-state index in [1.54, 1.807) is 29.0 Å². The molecule has 0 aliphatic carbocycles. The Morgan fingerprint density at radius 3 is 2.74 bits per heavy atom. The minimum atomic E-state index is 0.696. The van der Waals surface area contributed by atoms with Crippen molar-refractivity contribution >= 4 is 66.9 Å². The number of benzene rings is 2. The molecule has 0 fully saturated rings. The van der Waals surface area contributed by atoms with Crippen molar-refractivity contribution in [3.63, 3.8) is 0 Å². The summed E-state index contributed by atoms with van der Waals surface area (Å²) in [6, 6.07) is 12.2. The summed E-state index contributed by atoms with van der Waals surface area (Å²) in [4.78, 5) is 14.4. The molecular weight excluding hydrogens is 396 g/mol. The van der Waals surface area contributed by atoms with Gasteiger partial charge in [0, 0.05) is 21.5 Å². The molecule has 3 aromatic heterocycles. The molecule has 0 saturated carbocycles. The molecule has 0 amide bonds. The van der Waals surface area contributed by atoms with Crippen molar-refractivity contribution in [2.24, 2.45) is 0 Å². The normalized spacial score (nSPS) is 11.3. The van der Waals surface area contributed by atoms with E-state index in [1.165, 1.54) is 10.4 Å². The van der Waals surface area contributed by atoms with Gasteiger partial charge in [0.05, 0.1) is 26.3 Å². The molecule has 0 atom stereocenters. The molecule has 0 spiro atoms. The average molecular weight is 409 g/mol. The molecule has 2 aromatic carbocycles. The molecule has 1 N–H and O–H groups in total. The first-order valence-corrected chi connectivity index (χ1v) is 10.4. The summed E-state index contributed by atoms with van der Waals surface area (Å²) in [6.07, 6.45) is 1.55. The van der Waals surface area contributed by atoms with Gasteiger partial charge in [-0.2, -0.15) is 0 Å². The summed E-state index contributed by atoms with van der Waals surface area (Å²) in [7, 11) is 0. The zero-order chi connectivity index (χ0) is 18.4. The topological polar surface area (TPSA) is 50.7 Å². The first kappa shape index (κ1) is 16.6. The maximum Gasteiger partial charge on any atom is 0.141 e. The highest BCUT2D eigenvalue weighted by atomic mass is 35.5. The summed E-state index contributed by atoms with van der Waals surface area (Å²) in [5, 5.41) is 7.12. The predicted molar refractivity (Wildman–Crippen MR) is 116 cm³/mol. The van der Waals surface area contributed by atoms with Crippen LogP contribution in [0.4, 0.5) is 11.5 Å². The molecule has 0 saturated heterocycles. The number of hydrogen-bond donors (Lipinski definition) is 1. The van der Waals surface area contributed by atoms with Crippen molar-refractivity contribution in [3.05, 3.63) is 64.2 Å². The van der Waals surface area contributed by atoms with E-state index in [0.717, 1.165) is 38.2 Å². The van der Waals surface area contributed by atoms with Gasteiger partial charge in [0.15, 0.2) is 0 Å². The van der Waals surface area contributed by atoms with Gasteiger partial charge in [-0.1, -0.05) is 11.6 Å². The number of nitrogens with zero attached hydrogens (tertiary/aromatic N) is 3. The molecule has 7 heteroatoms. The molecule has 4 nitrogen and oxygen atoms in total. The maximum atomic E-state index is 6.55. The van der Waals surface area contributed by atoms with Crippen LogP contribution in [0.25, 0.3) is 31.6 Å². The number of fused-ring (bicyclic) bond motifs is 2. The minimum absolute atomic E-state index is 0.696. The monoisotopic (exact) mass is 408 g/mol. The maximum absolute atomic E-state index is 6.55. The van der Waals surface area contributed by atoms with Crippen LogP contribution in [0.15, 0.2) is 53.6 Å². The van der Waals surface area contributed by atoms with Crippen molar-refractivity contribution in [2.75, 3.05) is 5.32 Å². The predicted octanol–water partition coefficient (Wildman–Crippen LogP) is 6.67. The summed E-state index contributed by atoms with van der Waals surface area (Å²) in [5.74, 6) is 0.752. The van der Waals surface area contributed by atoms with Gasteiger partial charge < -0.3 is 5.32 Å². The second-order valence-electron chi connectivity index (χ2n) is 6.16. The van der Waals surface area contributed by atoms with Crippen LogP contribution in [0.2, 0.25) is 5.02 Å². The van der Waals surface area contributed by atoms with Crippen LogP contribution in [0.5, 0.6) is 0 Å². The molecule has 0 unspecified atom stereocenters. The lowest BCUT2D eigenvalue weighted by Crippen LogP contribution is -1.96. The van der Waals surface area contributed by atoms with Gasteiger partial charge in [-0.3, -0.25) is 0 Å². The van der Waals surface area contributed by atoms with Crippen LogP contribution in [0.1, 0.15) is 5.56 Å². The van der Waals surface area contributed by atoms with E-state index < -0.39 is 0 Å².